The van der Waals surface area contributed by atoms with Crippen molar-refractivity contribution in [1.29, 1.82) is 0 Å². The van der Waals surface area contributed by atoms with Crippen LogP contribution in [0.4, 0.5) is 11.4 Å². The predicted molar refractivity (Wildman–Crippen MR) is 57.8 cm³/mol. The van der Waals surface area contributed by atoms with Crippen LogP contribution in [0.25, 0.3) is 11.5 Å². The van der Waals surface area contributed by atoms with Crippen LogP contribution < -0.4 is 5.73 Å². The van der Waals surface area contributed by atoms with E-state index in [1.807, 2.05) is 0 Å². The zero-order valence-corrected chi connectivity index (χ0v) is 8.73. The van der Waals surface area contributed by atoms with E-state index >= 15 is 0 Å². The third-order valence-corrected chi connectivity index (χ3v) is 2.09. The van der Waals surface area contributed by atoms with Gasteiger partial charge in [-0.1, -0.05) is 0 Å². The maximum Gasteiger partial charge on any atom is 0.377 e. The van der Waals surface area contributed by atoms with Crippen molar-refractivity contribution >= 4 is 17.3 Å². The lowest BCUT2D eigenvalue weighted by Crippen LogP contribution is -1.98. The molecule has 0 unspecified atom stereocenters. The van der Waals surface area contributed by atoms with Gasteiger partial charge >= 0.3 is 5.97 Å². The molecule has 0 fully saturated rings. The Morgan fingerprint density at radius 2 is 2.22 bits per heavy atom. The summed E-state index contributed by atoms with van der Waals surface area (Å²) in [6.07, 6.45) is 0. The molecule has 0 aliphatic heterocycles. The summed E-state index contributed by atoms with van der Waals surface area (Å²) in [6.45, 7) is 0. The Morgan fingerprint density at radius 1 is 1.50 bits per heavy atom. The average Bonchev–Trinajstić information content (AvgIpc) is 2.78. The Morgan fingerprint density at radius 3 is 2.78 bits per heavy atom. The largest absolute Gasteiger partial charge is 0.475 e. The van der Waals surface area contributed by atoms with Crippen LogP contribution in [0, 0.1) is 10.1 Å². The lowest BCUT2D eigenvalue weighted by atomic mass is 10.2. The second kappa shape index (κ2) is 4.13. The number of aromatic carboxylic acids is 1. The summed E-state index contributed by atoms with van der Waals surface area (Å²) in [5.74, 6) is -2.00. The molecule has 0 aliphatic carbocycles. The molecule has 2 aromatic rings. The van der Waals surface area contributed by atoms with Crippen LogP contribution in [0.5, 0.6) is 0 Å². The molecule has 0 atom stereocenters. The zero-order valence-electron chi connectivity index (χ0n) is 8.73. The monoisotopic (exact) mass is 250 g/mol. The number of anilines is 1. The third-order valence-electron chi connectivity index (χ3n) is 2.09. The van der Waals surface area contributed by atoms with Crippen molar-refractivity contribution in [3.05, 3.63) is 34.1 Å². The smallest absolute Gasteiger partial charge is 0.377 e. The highest BCUT2D eigenvalue weighted by molar-refractivity contribution is 5.83. The summed E-state index contributed by atoms with van der Waals surface area (Å²) < 4.78 is 4.68. The second-order valence-corrected chi connectivity index (χ2v) is 3.26. The lowest BCUT2D eigenvalue weighted by molar-refractivity contribution is -0.383. The molecule has 0 bridgehead atoms. The molecule has 1 heterocycles. The van der Waals surface area contributed by atoms with Gasteiger partial charge in [-0.05, 0) is 17.3 Å². The van der Waals surface area contributed by atoms with Gasteiger partial charge in [-0.25, -0.2) is 4.79 Å². The van der Waals surface area contributed by atoms with Gasteiger partial charge in [0, 0.05) is 11.6 Å². The molecule has 18 heavy (non-hydrogen) atoms. The highest BCUT2D eigenvalue weighted by atomic mass is 16.6. The fourth-order valence-electron chi connectivity index (χ4n) is 1.26. The van der Waals surface area contributed by atoms with E-state index in [4.69, 9.17) is 10.8 Å². The number of carboxylic acids is 1. The number of rotatable bonds is 3. The van der Waals surface area contributed by atoms with E-state index in [1.54, 1.807) is 0 Å². The maximum atomic E-state index is 10.7. The van der Waals surface area contributed by atoms with Crippen molar-refractivity contribution in [2.45, 2.75) is 0 Å². The quantitative estimate of drug-likeness (QED) is 0.464. The van der Waals surface area contributed by atoms with E-state index < -0.39 is 16.7 Å². The van der Waals surface area contributed by atoms with Crippen molar-refractivity contribution in [2.24, 2.45) is 0 Å². The number of hydrogen-bond donors (Lipinski definition) is 2. The van der Waals surface area contributed by atoms with Gasteiger partial charge in [-0.3, -0.25) is 10.1 Å². The minimum Gasteiger partial charge on any atom is -0.475 e. The SMILES string of the molecule is Nc1ccc(-c2nc(C(=O)O)no2)cc1[N+](=O)[O-]. The minimum atomic E-state index is -1.35. The summed E-state index contributed by atoms with van der Waals surface area (Å²) in [5.41, 5.74) is 5.31. The van der Waals surface area contributed by atoms with Crippen LogP contribution in [0.3, 0.4) is 0 Å². The number of nitrogens with two attached hydrogens (primary N) is 1. The molecule has 0 saturated heterocycles. The van der Waals surface area contributed by atoms with E-state index in [9.17, 15) is 14.9 Å². The Labute approximate surface area is 99.0 Å². The van der Waals surface area contributed by atoms with Crippen LogP contribution in [0.2, 0.25) is 0 Å². The minimum absolute atomic E-state index is 0.0123. The molecule has 0 amide bonds. The number of carbonyl (C=O) groups is 1. The number of aromatic nitrogens is 2. The van der Waals surface area contributed by atoms with Crippen molar-refractivity contribution in [1.82, 2.24) is 10.1 Å². The van der Waals surface area contributed by atoms with Gasteiger partial charge in [0.1, 0.15) is 5.69 Å². The summed E-state index contributed by atoms with van der Waals surface area (Å²) in [6, 6.07) is 3.86. The zero-order chi connectivity index (χ0) is 13.3. The third kappa shape index (κ3) is 1.96. The molecule has 0 aliphatic rings. The summed E-state index contributed by atoms with van der Waals surface area (Å²) in [7, 11) is 0. The molecule has 0 saturated carbocycles. The molecule has 2 rings (SSSR count). The number of benzene rings is 1. The maximum absolute atomic E-state index is 10.7. The van der Waals surface area contributed by atoms with Crippen LogP contribution >= 0.6 is 0 Å². The molecule has 0 spiro atoms. The first kappa shape index (κ1) is 11.5. The van der Waals surface area contributed by atoms with Crippen LogP contribution in [0.15, 0.2) is 22.7 Å². The Bertz CT molecular complexity index is 636. The average molecular weight is 250 g/mol. The molecule has 0 radical (unpaired) electrons. The number of hydrogen-bond acceptors (Lipinski definition) is 7. The van der Waals surface area contributed by atoms with Crippen LogP contribution in [0.1, 0.15) is 10.6 Å². The molecule has 92 valence electrons. The van der Waals surface area contributed by atoms with E-state index in [0.29, 0.717) is 0 Å². The fourth-order valence-corrected chi connectivity index (χ4v) is 1.26. The normalized spacial score (nSPS) is 10.2. The molecule has 9 nitrogen and oxygen atoms in total. The van der Waals surface area contributed by atoms with Crippen molar-refractivity contribution in [2.75, 3.05) is 5.73 Å². The first-order chi connectivity index (χ1) is 8.49. The Balaban J connectivity index is 2.47. The fraction of sp³-hybridized carbons (Fsp3) is 0. The van der Waals surface area contributed by atoms with Crippen molar-refractivity contribution in [3.8, 4) is 11.5 Å². The molecule has 3 N–H and O–H groups in total. The Hall–Kier alpha value is -2.97. The van der Waals surface area contributed by atoms with Crippen molar-refractivity contribution < 1.29 is 19.3 Å². The Kier molecular flexibility index (Phi) is 2.64. The standard InChI is InChI=1S/C9H6N4O5/c10-5-2-1-4(3-6(5)13(16)17)8-11-7(9(14)15)12-18-8/h1-3H,10H2,(H,14,15). The lowest BCUT2D eigenvalue weighted by Gasteiger charge is -1.98. The first-order valence-electron chi connectivity index (χ1n) is 4.60. The number of nitrogens with zero attached hydrogens (tertiary/aromatic N) is 3. The first-order valence-corrected chi connectivity index (χ1v) is 4.60. The van der Waals surface area contributed by atoms with E-state index in [1.165, 1.54) is 12.1 Å². The highest BCUT2D eigenvalue weighted by Gasteiger charge is 2.18. The predicted octanol–water partition coefficient (Wildman–Crippen LogP) is 0.925. The summed E-state index contributed by atoms with van der Waals surface area (Å²) >= 11 is 0. The topological polar surface area (TPSA) is 145 Å². The van der Waals surface area contributed by atoms with Crippen LogP contribution in [-0.2, 0) is 0 Å². The number of nitro benzene ring substituents is 1. The summed E-state index contributed by atoms with van der Waals surface area (Å²) in [4.78, 5) is 24.2. The highest BCUT2D eigenvalue weighted by Crippen LogP contribution is 2.27. The van der Waals surface area contributed by atoms with Gasteiger partial charge < -0.3 is 15.4 Å². The van der Waals surface area contributed by atoms with Gasteiger partial charge in [-0.15, -0.1) is 0 Å². The van der Waals surface area contributed by atoms with E-state index in [-0.39, 0.29) is 22.8 Å². The number of carboxylic acid groups (broad SMARTS) is 1. The van der Waals surface area contributed by atoms with Crippen LogP contribution in [-0.4, -0.2) is 26.1 Å². The van der Waals surface area contributed by atoms with Gasteiger partial charge in [0.15, 0.2) is 0 Å². The van der Waals surface area contributed by atoms with Gasteiger partial charge in [0.05, 0.1) is 4.92 Å². The molecular formula is C9H6N4O5. The van der Waals surface area contributed by atoms with E-state index in [0.717, 1.165) is 6.07 Å². The van der Waals surface area contributed by atoms with E-state index in [2.05, 4.69) is 14.7 Å². The van der Waals surface area contributed by atoms with Gasteiger partial charge in [-0.2, -0.15) is 4.98 Å². The number of nitrogen functional groups attached to an aromatic ring is 1. The molecule has 1 aromatic heterocycles. The second-order valence-electron chi connectivity index (χ2n) is 3.26. The van der Waals surface area contributed by atoms with Gasteiger partial charge in [0.25, 0.3) is 17.4 Å². The molecule has 1 aromatic carbocycles. The van der Waals surface area contributed by atoms with Gasteiger partial charge in [0.2, 0.25) is 0 Å². The summed E-state index contributed by atoms with van der Waals surface area (Å²) in [5, 5.41) is 22.5. The molecule has 9 heteroatoms. The van der Waals surface area contributed by atoms with Crippen molar-refractivity contribution in [3.63, 3.8) is 0 Å². The molecular weight excluding hydrogens is 244 g/mol. The number of nitro groups is 1.